The van der Waals surface area contributed by atoms with Crippen LogP contribution >= 0.6 is 0 Å². The summed E-state index contributed by atoms with van der Waals surface area (Å²) in [5.74, 6) is -2.24. The zero-order chi connectivity index (χ0) is 16.5. The number of nitrogens with two attached hydrogens (primary N) is 1. The van der Waals surface area contributed by atoms with Gasteiger partial charge in [-0.2, -0.15) is 0 Å². The SMILES string of the molecule is C[C@@H]1CN(C(=O)c2cccc(CS(N)(=O)=O)c2)C[C@H]1C(=O)O. The van der Waals surface area contributed by atoms with Crippen LogP contribution in [-0.2, 0) is 20.6 Å². The Morgan fingerprint density at radius 1 is 1.36 bits per heavy atom. The second kappa shape index (κ2) is 6.05. The largest absolute Gasteiger partial charge is 0.481 e. The second-order valence-corrected chi connectivity index (χ2v) is 7.25. The monoisotopic (exact) mass is 326 g/mol. The zero-order valence-electron chi connectivity index (χ0n) is 12.1. The highest BCUT2D eigenvalue weighted by Crippen LogP contribution is 2.25. The summed E-state index contributed by atoms with van der Waals surface area (Å²) < 4.78 is 22.2. The molecule has 1 fully saturated rings. The summed E-state index contributed by atoms with van der Waals surface area (Å²) in [6.45, 7) is 2.33. The van der Waals surface area contributed by atoms with Crippen LogP contribution in [0.2, 0.25) is 0 Å². The molecule has 0 unspecified atom stereocenters. The van der Waals surface area contributed by atoms with Crippen molar-refractivity contribution in [2.24, 2.45) is 17.0 Å². The van der Waals surface area contributed by atoms with E-state index >= 15 is 0 Å². The van der Waals surface area contributed by atoms with E-state index in [1.54, 1.807) is 25.1 Å². The minimum atomic E-state index is -3.67. The van der Waals surface area contributed by atoms with Crippen molar-refractivity contribution >= 4 is 21.9 Å². The van der Waals surface area contributed by atoms with Gasteiger partial charge in [0.2, 0.25) is 10.0 Å². The van der Waals surface area contributed by atoms with Gasteiger partial charge in [-0.05, 0) is 23.6 Å². The van der Waals surface area contributed by atoms with Gasteiger partial charge >= 0.3 is 5.97 Å². The molecule has 8 heteroatoms. The summed E-state index contributed by atoms with van der Waals surface area (Å²) in [4.78, 5) is 25.0. The van der Waals surface area contributed by atoms with E-state index in [1.807, 2.05) is 0 Å². The Bertz CT molecular complexity index is 701. The van der Waals surface area contributed by atoms with Crippen LogP contribution in [-0.4, -0.2) is 43.4 Å². The third kappa shape index (κ3) is 3.83. The maximum Gasteiger partial charge on any atom is 0.308 e. The van der Waals surface area contributed by atoms with E-state index in [2.05, 4.69) is 0 Å². The van der Waals surface area contributed by atoms with Gasteiger partial charge in [0.15, 0.2) is 0 Å². The lowest BCUT2D eigenvalue weighted by atomic mass is 9.99. The van der Waals surface area contributed by atoms with Gasteiger partial charge in [0.25, 0.3) is 5.91 Å². The van der Waals surface area contributed by atoms with Crippen molar-refractivity contribution in [2.45, 2.75) is 12.7 Å². The lowest BCUT2D eigenvalue weighted by Crippen LogP contribution is -2.30. The van der Waals surface area contributed by atoms with Crippen LogP contribution in [0.3, 0.4) is 0 Å². The molecule has 1 aromatic rings. The molecule has 0 spiro atoms. The first-order chi connectivity index (χ1) is 10.2. The molecule has 1 heterocycles. The van der Waals surface area contributed by atoms with Gasteiger partial charge in [-0.15, -0.1) is 0 Å². The van der Waals surface area contributed by atoms with Gasteiger partial charge in [-0.25, -0.2) is 13.6 Å². The van der Waals surface area contributed by atoms with Gasteiger partial charge in [0, 0.05) is 18.7 Å². The summed E-state index contributed by atoms with van der Waals surface area (Å²) in [5.41, 5.74) is 0.759. The van der Waals surface area contributed by atoms with E-state index in [0.29, 0.717) is 17.7 Å². The van der Waals surface area contributed by atoms with Crippen LogP contribution in [0.4, 0.5) is 0 Å². The number of carbonyl (C=O) groups is 2. The number of primary sulfonamides is 1. The van der Waals surface area contributed by atoms with Crippen molar-refractivity contribution in [3.63, 3.8) is 0 Å². The van der Waals surface area contributed by atoms with Crippen molar-refractivity contribution < 1.29 is 23.1 Å². The highest BCUT2D eigenvalue weighted by atomic mass is 32.2. The van der Waals surface area contributed by atoms with Gasteiger partial charge in [0.1, 0.15) is 0 Å². The molecule has 0 aromatic heterocycles. The molecule has 7 nitrogen and oxygen atoms in total. The van der Waals surface area contributed by atoms with Crippen LogP contribution in [0, 0.1) is 11.8 Å². The van der Waals surface area contributed by atoms with Crippen LogP contribution in [0.1, 0.15) is 22.8 Å². The van der Waals surface area contributed by atoms with Crippen LogP contribution in [0.15, 0.2) is 24.3 Å². The third-order valence-electron chi connectivity index (χ3n) is 3.76. The van der Waals surface area contributed by atoms with Crippen molar-refractivity contribution in [3.8, 4) is 0 Å². The van der Waals surface area contributed by atoms with E-state index in [0.717, 1.165) is 0 Å². The lowest BCUT2D eigenvalue weighted by Gasteiger charge is -2.16. The number of carboxylic acids is 1. The Morgan fingerprint density at radius 3 is 2.59 bits per heavy atom. The first kappa shape index (κ1) is 16.4. The number of amides is 1. The van der Waals surface area contributed by atoms with Gasteiger partial charge in [-0.1, -0.05) is 19.1 Å². The van der Waals surface area contributed by atoms with Crippen molar-refractivity contribution in [1.29, 1.82) is 0 Å². The fourth-order valence-electron chi connectivity index (χ4n) is 2.66. The maximum atomic E-state index is 12.4. The Hall–Kier alpha value is -1.93. The lowest BCUT2D eigenvalue weighted by molar-refractivity contribution is -0.142. The highest BCUT2D eigenvalue weighted by molar-refractivity contribution is 7.88. The van der Waals surface area contributed by atoms with Crippen molar-refractivity contribution in [1.82, 2.24) is 4.90 Å². The van der Waals surface area contributed by atoms with Crippen molar-refractivity contribution in [3.05, 3.63) is 35.4 Å². The number of carboxylic acid groups (broad SMARTS) is 1. The second-order valence-electron chi connectivity index (χ2n) is 5.64. The van der Waals surface area contributed by atoms with E-state index < -0.39 is 21.9 Å². The van der Waals surface area contributed by atoms with Gasteiger partial charge in [-0.3, -0.25) is 9.59 Å². The molecular formula is C14H18N2O5S. The molecule has 1 aliphatic rings. The molecular weight excluding hydrogens is 308 g/mol. The Kier molecular flexibility index (Phi) is 4.52. The summed E-state index contributed by atoms with van der Waals surface area (Å²) in [7, 11) is -3.67. The summed E-state index contributed by atoms with van der Waals surface area (Å²) in [5, 5.41) is 14.1. The predicted octanol–water partition coefficient (Wildman–Crippen LogP) is 0.268. The Morgan fingerprint density at radius 2 is 2.05 bits per heavy atom. The molecule has 2 atom stereocenters. The summed E-state index contributed by atoms with van der Waals surface area (Å²) in [6, 6.07) is 6.22. The molecule has 0 aliphatic carbocycles. The number of likely N-dealkylation sites (tertiary alicyclic amines) is 1. The topological polar surface area (TPSA) is 118 Å². The van der Waals surface area contributed by atoms with E-state index in [4.69, 9.17) is 10.2 Å². The Balaban J connectivity index is 2.17. The number of hydrogen-bond acceptors (Lipinski definition) is 4. The van der Waals surface area contributed by atoms with Crippen LogP contribution < -0.4 is 5.14 Å². The molecule has 1 amide bonds. The fraction of sp³-hybridized carbons (Fsp3) is 0.429. The van der Waals surface area contributed by atoms with Gasteiger partial charge < -0.3 is 10.0 Å². The van der Waals surface area contributed by atoms with Gasteiger partial charge in [0.05, 0.1) is 11.7 Å². The van der Waals surface area contributed by atoms with Crippen molar-refractivity contribution in [2.75, 3.05) is 13.1 Å². The standard InChI is InChI=1S/C14H18N2O5S/c1-9-6-16(7-12(9)14(18)19)13(17)11-4-2-3-10(5-11)8-22(15,20)21/h2-5,9,12H,6-8H2,1H3,(H,18,19)(H2,15,20,21)/t9-,12-/m1/s1. The molecule has 22 heavy (non-hydrogen) atoms. The number of aliphatic carboxylic acids is 1. The molecule has 0 saturated carbocycles. The number of hydrogen-bond donors (Lipinski definition) is 2. The average molecular weight is 326 g/mol. The number of nitrogens with zero attached hydrogens (tertiary/aromatic N) is 1. The van der Waals surface area contributed by atoms with Crippen LogP contribution in [0.25, 0.3) is 0 Å². The van der Waals surface area contributed by atoms with E-state index in [9.17, 15) is 18.0 Å². The molecule has 0 radical (unpaired) electrons. The average Bonchev–Trinajstić information content (AvgIpc) is 2.78. The normalized spacial score (nSPS) is 21.8. The number of carbonyl (C=O) groups excluding carboxylic acids is 1. The first-order valence-corrected chi connectivity index (χ1v) is 8.50. The predicted molar refractivity (Wildman–Crippen MR) is 79.4 cm³/mol. The number of benzene rings is 1. The first-order valence-electron chi connectivity index (χ1n) is 6.79. The Labute approximate surface area is 128 Å². The van der Waals surface area contributed by atoms with Crippen LogP contribution in [0.5, 0.6) is 0 Å². The van der Waals surface area contributed by atoms with E-state index in [1.165, 1.54) is 11.0 Å². The molecule has 120 valence electrons. The smallest absolute Gasteiger partial charge is 0.308 e. The number of rotatable bonds is 4. The highest BCUT2D eigenvalue weighted by Gasteiger charge is 2.37. The summed E-state index contributed by atoms with van der Waals surface area (Å²) >= 11 is 0. The van der Waals surface area contributed by atoms with E-state index in [-0.39, 0.29) is 24.1 Å². The molecule has 3 N–H and O–H groups in total. The molecule has 1 saturated heterocycles. The molecule has 0 bridgehead atoms. The molecule has 1 aliphatic heterocycles. The third-order valence-corrected chi connectivity index (χ3v) is 4.49. The quantitative estimate of drug-likeness (QED) is 0.823. The minimum absolute atomic E-state index is 0.117. The molecule has 1 aromatic carbocycles. The molecule has 2 rings (SSSR count). The fourth-order valence-corrected chi connectivity index (χ4v) is 3.31. The number of sulfonamides is 1. The summed E-state index contributed by atoms with van der Waals surface area (Å²) in [6.07, 6.45) is 0. The maximum absolute atomic E-state index is 12.4. The minimum Gasteiger partial charge on any atom is -0.481 e. The zero-order valence-corrected chi connectivity index (χ0v) is 12.9.